The molecule has 0 saturated carbocycles. The number of carbonyl (C=O) groups is 1. The monoisotopic (exact) mass is 341 g/mol. The van der Waals surface area contributed by atoms with Crippen LogP contribution in [0.25, 0.3) is 0 Å². The fourth-order valence-corrected chi connectivity index (χ4v) is 2.56. The van der Waals surface area contributed by atoms with Gasteiger partial charge in [-0.2, -0.15) is 8.42 Å². The zero-order valence-electron chi connectivity index (χ0n) is 14.8. The lowest BCUT2D eigenvalue weighted by molar-refractivity contribution is -0.142. The lowest BCUT2D eigenvalue weighted by Crippen LogP contribution is -2.44. The molecule has 0 aromatic heterocycles. The quantitative estimate of drug-likeness (QED) is 0.745. The van der Waals surface area contributed by atoms with E-state index in [-0.39, 0.29) is 17.7 Å². The summed E-state index contributed by atoms with van der Waals surface area (Å²) >= 11 is 0. The van der Waals surface area contributed by atoms with Crippen molar-refractivity contribution in [2.75, 3.05) is 6.26 Å². The first kappa shape index (κ1) is 19.5. The average molecular weight is 341 g/mol. The molecule has 0 spiro atoms. The van der Waals surface area contributed by atoms with Gasteiger partial charge in [0.25, 0.3) is 0 Å². The van der Waals surface area contributed by atoms with Crippen molar-refractivity contribution in [3.05, 3.63) is 29.8 Å². The molecule has 23 heavy (non-hydrogen) atoms. The lowest BCUT2D eigenvalue weighted by Gasteiger charge is -2.34. The van der Waals surface area contributed by atoms with Crippen LogP contribution in [0.15, 0.2) is 24.3 Å². The lowest BCUT2D eigenvalue weighted by atomic mass is 9.93. The number of nitrogens with zero attached hydrogens (tertiary/aromatic N) is 1. The highest BCUT2D eigenvalue weighted by atomic mass is 32.2. The molecule has 0 fully saturated rings. The smallest absolute Gasteiger partial charge is 0.306 e. The van der Waals surface area contributed by atoms with E-state index in [1.807, 2.05) is 32.6 Å². The number of rotatable bonds is 6. The molecule has 0 aliphatic carbocycles. The highest BCUT2D eigenvalue weighted by molar-refractivity contribution is 7.86. The van der Waals surface area contributed by atoms with Crippen LogP contribution in [0.2, 0.25) is 0 Å². The highest BCUT2D eigenvalue weighted by Gasteiger charge is 2.29. The Hall–Kier alpha value is -1.56. The molecule has 1 atom stereocenters. The third kappa shape index (κ3) is 6.22. The highest BCUT2D eigenvalue weighted by Crippen LogP contribution is 2.23. The number of benzene rings is 1. The van der Waals surface area contributed by atoms with E-state index in [9.17, 15) is 13.2 Å². The summed E-state index contributed by atoms with van der Waals surface area (Å²) in [5, 5.41) is 0. The number of hydrogen-bond acceptors (Lipinski definition) is 4. The molecule has 130 valence electrons. The normalized spacial score (nSPS) is 13.5. The summed E-state index contributed by atoms with van der Waals surface area (Å²) in [5.41, 5.74) is 0.492. The van der Waals surface area contributed by atoms with Gasteiger partial charge in [-0.05, 0) is 31.0 Å². The van der Waals surface area contributed by atoms with Crippen LogP contribution < -0.4 is 4.18 Å². The van der Waals surface area contributed by atoms with Crippen molar-refractivity contribution in [2.24, 2.45) is 5.41 Å². The molecule has 1 amide bonds. The minimum absolute atomic E-state index is 0.100. The largest absolute Gasteiger partial charge is 0.383 e. The van der Waals surface area contributed by atoms with E-state index >= 15 is 0 Å². The van der Waals surface area contributed by atoms with Gasteiger partial charge >= 0.3 is 10.1 Å². The van der Waals surface area contributed by atoms with Crippen molar-refractivity contribution in [2.45, 2.75) is 53.6 Å². The van der Waals surface area contributed by atoms with Crippen LogP contribution in [0.1, 0.15) is 46.6 Å². The van der Waals surface area contributed by atoms with E-state index in [1.54, 1.807) is 24.3 Å². The topological polar surface area (TPSA) is 63.7 Å². The van der Waals surface area contributed by atoms with E-state index in [0.717, 1.165) is 18.2 Å². The zero-order valence-corrected chi connectivity index (χ0v) is 15.6. The van der Waals surface area contributed by atoms with Crippen LogP contribution in [0.5, 0.6) is 5.75 Å². The third-order valence-electron chi connectivity index (χ3n) is 3.55. The average Bonchev–Trinajstić information content (AvgIpc) is 2.42. The van der Waals surface area contributed by atoms with Crippen molar-refractivity contribution in [1.29, 1.82) is 0 Å². The van der Waals surface area contributed by atoms with Crippen LogP contribution in [0, 0.1) is 5.41 Å². The maximum atomic E-state index is 12.6. The van der Waals surface area contributed by atoms with Crippen LogP contribution in [-0.2, 0) is 21.5 Å². The van der Waals surface area contributed by atoms with Gasteiger partial charge in [-0.15, -0.1) is 0 Å². The van der Waals surface area contributed by atoms with Gasteiger partial charge in [0.05, 0.1) is 6.26 Å². The van der Waals surface area contributed by atoms with Crippen molar-refractivity contribution >= 4 is 16.0 Å². The number of amides is 1. The van der Waals surface area contributed by atoms with Gasteiger partial charge < -0.3 is 9.08 Å². The van der Waals surface area contributed by atoms with Gasteiger partial charge in [-0.1, -0.05) is 39.8 Å². The van der Waals surface area contributed by atoms with Gasteiger partial charge in [-0.25, -0.2) is 0 Å². The second kappa shape index (κ2) is 7.34. The van der Waals surface area contributed by atoms with Gasteiger partial charge in [0.1, 0.15) is 5.75 Å². The summed E-state index contributed by atoms with van der Waals surface area (Å²) in [5.74, 6) is 0.372. The molecule has 0 aliphatic heterocycles. The molecule has 0 bridgehead atoms. The SMILES string of the molecule is CCC(C)N(Cc1ccc(OS(C)(=O)=O)cc1)C(=O)C(C)(C)C. The molecule has 1 rings (SSSR count). The fraction of sp³-hybridized carbons (Fsp3) is 0.588. The minimum Gasteiger partial charge on any atom is -0.383 e. The van der Waals surface area contributed by atoms with Crippen molar-refractivity contribution in [1.82, 2.24) is 4.90 Å². The summed E-state index contributed by atoms with van der Waals surface area (Å²) < 4.78 is 27.1. The summed E-state index contributed by atoms with van der Waals surface area (Å²) in [6.45, 7) is 10.3. The Morgan fingerprint density at radius 1 is 1.22 bits per heavy atom. The van der Waals surface area contributed by atoms with Crippen LogP contribution in [0.4, 0.5) is 0 Å². The zero-order chi connectivity index (χ0) is 17.8. The molecule has 1 aromatic carbocycles. The van der Waals surface area contributed by atoms with Gasteiger partial charge in [-0.3, -0.25) is 4.79 Å². The predicted octanol–water partition coefficient (Wildman–Crippen LogP) is 3.20. The Morgan fingerprint density at radius 2 is 1.74 bits per heavy atom. The summed E-state index contributed by atoms with van der Waals surface area (Å²) in [6.07, 6.45) is 1.88. The summed E-state index contributed by atoms with van der Waals surface area (Å²) in [6, 6.07) is 6.91. The van der Waals surface area contributed by atoms with Crippen molar-refractivity contribution in [3.8, 4) is 5.75 Å². The second-order valence-electron chi connectivity index (χ2n) is 6.87. The van der Waals surface area contributed by atoms with E-state index in [2.05, 4.69) is 6.92 Å². The van der Waals surface area contributed by atoms with E-state index in [4.69, 9.17) is 4.18 Å². The Bertz CT molecular complexity index is 630. The fourth-order valence-electron chi connectivity index (χ4n) is 2.10. The molecular formula is C17H27NO4S. The molecular weight excluding hydrogens is 314 g/mol. The first-order valence-corrected chi connectivity index (χ1v) is 9.55. The number of hydrogen-bond donors (Lipinski definition) is 0. The Kier molecular flexibility index (Phi) is 6.22. The maximum Gasteiger partial charge on any atom is 0.306 e. The molecule has 1 aromatic rings. The van der Waals surface area contributed by atoms with E-state index in [1.165, 1.54) is 0 Å². The summed E-state index contributed by atoms with van der Waals surface area (Å²) in [4.78, 5) is 14.5. The first-order valence-electron chi connectivity index (χ1n) is 7.73. The molecule has 0 aliphatic rings. The van der Waals surface area contributed by atoms with Crippen molar-refractivity contribution < 1.29 is 17.4 Å². The number of carbonyl (C=O) groups excluding carboxylic acids is 1. The maximum absolute atomic E-state index is 12.6. The molecule has 1 unspecified atom stereocenters. The minimum atomic E-state index is -3.53. The Labute approximate surface area is 139 Å². The predicted molar refractivity (Wildman–Crippen MR) is 91.7 cm³/mol. The van der Waals surface area contributed by atoms with E-state index < -0.39 is 15.5 Å². The molecule has 0 heterocycles. The van der Waals surface area contributed by atoms with Gasteiger partial charge in [0, 0.05) is 18.0 Å². The molecule has 6 heteroatoms. The van der Waals surface area contributed by atoms with Crippen LogP contribution >= 0.6 is 0 Å². The molecule has 5 nitrogen and oxygen atoms in total. The van der Waals surface area contributed by atoms with Gasteiger partial charge in [0.2, 0.25) is 5.91 Å². The van der Waals surface area contributed by atoms with Crippen LogP contribution in [0.3, 0.4) is 0 Å². The Balaban J connectivity index is 2.94. The third-order valence-corrected chi connectivity index (χ3v) is 4.04. The summed E-state index contributed by atoms with van der Waals surface area (Å²) in [7, 11) is -3.53. The molecule has 0 radical (unpaired) electrons. The van der Waals surface area contributed by atoms with E-state index in [0.29, 0.717) is 6.54 Å². The molecule has 0 N–H and O–H groups in total. The Morgan fingerprint density at radius 3 is 2.13 bits per heavy atom. The molecule has 0 saturated heterocycles. The van der Waals surface area contributed by atoms with Crippen molar-refractivity contribution in [3.63, 3.8) is 0 Å². The van der Waals surface area contributed by atoms with Gasteiger partial charge in [0.15, 0.2) is 0 Å². The second-order valence-corrected chi connectivity index (χ2v) is 8.45. The first-order chi connectivity index (χ1) is 10.4. The standard InChI is InChI=1S/C17H27NO4S/c1-7-13(2)18(16(19)17(3,4)5)12-14-8-10-15(11-9-14)22-23(6,20)21/h8-11,13H,7,12H2,1-6H3. The van der Waals surface area contributed by atoms with Crippen LogP contribution in [-0.4, -0.2) is 31.5 Å².